The molecule has 0 bridgehead atoms. The lowest BCUT2D eigenvalue weighted by Crippen LogP contribution is -2.25. The van der Waals surface area contributed by atoms with E-state index in [2.05, 4.69) is 15.3 Å². The number of halogens is 1. The number of aromatic nitrogens is 3. The molecule has 3 heterocycles. The van der Waals surface area contributed by atoms with Gasteiger partial charge in [-0.2, -0.15) is 0 Å². The lowest BCUT2D eigenvalue weighted by Gasteiger charge is -2.20. The number of carbonyl (C=O) groups excluding carboxylic acids is 1. The highest BCUT2D eigenvalue weighted by Crippen LogP contribution is 2.42. The second kappa shape index (κ2) is 10.7. The summed E-state index contributed by atoms with van der Waals surface area (Å²) in [4.78, 5) is 25.8. The highest BCUT2D eigenvalue weighted by Gasteiger charge is 2.27. The van der Waals surface area contributed by atoms with Crippen LogP contribution in [0.25, 0.3) is 55.8 Å². The number of benzene rings is 3. The van der Waals surface area contributed by atoms with Gasteiger partial charge in [0.05, 0.1) is 42.2 Å². The number of amides is 1. The highest BCUT2D eigenvalue weighted by molar-refractivity contribution is 7.92. The van der Waals surface area contributed by atoms with Crippen LogP contribution in [0.4, 0.5) is 15.8 Å². The van der Waals surface area contributed by atoms with Crippen LogP contribution in [0.15, 0.2) is 71.3 Å². The van der Waals surface area contributed by atoms with E-state index in [1.54, 1.807) is 12.1 Å². The summed E-state index contributed by atoms with van der Waals surface area (Å²) in [6.45, 7) is 0. The summed E-state index contributed by atoms with van der Waals surface area (Å²) in [5, 5.41) is 3.81. The fraction of sp³-hybridized carbons (Fsp3) is 0.129. The SMILES string of the molecule is CNC(=O)c1c(-c2ccc(F)cc2)oc2cc(N(C)S(C)(=O)=O)c(-c3cnc(OC)c(-c4cc5c(N)cccc5[nH]4)n3)cc12. The summed E-state index contributed by atoms with van der Waals surface area (Å²) >= 11 is 0. The maximum absolute atomic E-state index is 13.7. The van der Waals surface area contributed by atoms with E-state index in [0.717, 1.165) is 21.5 Å². The number of aromatic amines is 1. The summed E-state index contributed by atoms with van der Waals surface area (Å²) in [5.74, 6) is -0.472. The van der Waals surface area contributed by atoms with Gasteiger partial charge in [0.1, 0.15) is 22.9 Å². The lowest BCUT2D eigenvalue weighted by atomic mass is 10.0. The van der Waals surface area contributed by atoms with Crippen molar-refractivity contribution in [3.63, 3.8) is 0 Å². The molecule has 11 nitrogen and oxygen atoms in total. The Kier molecular flexibility index (Phi) is 6.97. The fourth-order valence-electron chi connectivity index (χ4n) is 5.07. The van der Waals surface area contributed by atoms with Gasteiger partial charge in [0, 0.05) is 53.3 Å². The Morgan fingerprint density at radius 1 is 1.11 bits per heavy atom. The quantitative estimate of drug-likeness (QED) is 0.208. The first-order chi connectivity index (χ1) is 21.0. The molecule has 4 N–H and O–H groups in total. The van der Waals surface area contributed by atoms with E-state index in [4.69, 9.17) is 19.9 Å². The van der Waals surface area contributed by atoms with Crippen LogP contribution in [0.1, 0.15) is 10.4 Å². The molecule has 6 rings (SSSR count). The van der Waals surface area contributed by atoms with Crippen LogP contribution in [0.5, 0.6) is 5.88 Å². The normalized spacial score (nSPS) is 11.7. The Balaban J connectivity index is 1.64. The van der Waals surface area contributed by atoms with Crippen LogP contribution in [0.2, 0.25) is 0 Å². The Morgan fingerprint density at radius 3 is 2.52 bits per heavy atom. The van der Waals surface area contributed by atoms with E-state index in [9.17, 15) is 17.6 Å². The molecule has 0 spiro atoms. The van der Waals surface area contributed by atoms with Crippen molar-refractivity contribution < 1.29 is 26.8 Å². The molecule has 0 aliphatic rings. The zero-order valence-electron chi connectivity index (χ0n) is 24.1. The topological polar surface area (TPSA) is 156 Å². The van der Waals surface area contributed by atoms with Crippen molar-refractivity contribution in [1.29, 1.82) is 0 Å². The van der Waals surface area contributed by atoms with Crippen molar-refractivity contribution in [3.05, 3.63) is 78.2 Å². The molecule has 1 amide bonds. The predicted octanol–water partition coefficient (Wildman–Crippen LogP) is 5.19. The van der Waals surface area contributed by atoms with Crippen LogP contribution in [0, 0.1) is 5.82 Å². The average molecular weight is 615 g/mol. The molecule has 3 aromatic carbocycles. The molecular formula is C31H27FN6O5S. The van der Waals surface area contributed by atoms with Gasteiger partial charge in [-0.15, -0.1) is 0 Å². The number of sulfonamides is 1. The second-order valence-electron chi connectivity index (χ2n) is 10.1. The van der Waals surface area contributed by atoms with Gasteiger partial charge in [-0.25, -0.2) is 22.8 Å². The van der Waals surface area contributed by atoms with Crippen molar-refractivity contribution in [3.8, 4) is 39.8 Å². The summed E-state index contributed by atoms with van der Waals surface area (Å²) in [5.41, 5.74) is 10.3. The Bertz CT molecular complexity index is 2190. The Hall–Kier alpha value is -5.43. The highest BCUT2D eigenvalue weighted by atomic mass is 32.2. The fourth-order valence-corrected chi connectivity index (χ4v) is 5.58. The lowest BCUT2D eigenvalue weighted by molar-refractivity contribution is 0.0964. The number of furan rings is 1. The first-order valence-corrected chi connectivity index (χ1v) is 15.2. The summed E-state index contributed by atoms with van der Waals surface area (Å²) < 4.78 is 52.0. The van der Waals surface area contributed by atoms with Gasteiger partial charge in [0.25, 0.3) is 5.91 Å². The molecule has 0 radical (unpaired) electrons. The smallest absolute Gasteiger partial charge is 0.255 e. The van der Waals surface area contributed by atoms with E-state index < -0.39 is 21.7 Å². The van der Waals surface area contributed by atoms with E-state index in [1.807, 2.05) is 18.2 Å². The Morgan fingerprint density at radius 2 is 1.86 bits per heavy atom. The minimum absolute atomic E-state index is 0.191. The molecule has 0 fully saturated rings. The van der Waals surface area contributed by atoms with Crippen molar-refractivity contribution in [2.45, 2.75) is 0 Å². The van der Waals surface area contributed by atoms with Crippen LogP contribution in [0.3, 0.4) is 0 Å². The number of nitrogen functional groups attached to an aromatic ring is 1. The van der Waals surface area contributed by atoms with Gasteiger partial charge in [-0.3, -0.25) is 9.10 Å². The van der Waals surface area contributed by atoms with Crippen LogP contribution < -0.4 is 20.1 Å². The number of hydrogen-bond donors (Lipinski definition) is 3. The first kappa shape index (κ1) is 28.7. The number of anilines is 2. The molecule has 224 valence electrons. The third kappa shape index (κ3) is 4.86. The van der Waals surface area contributed by atoms with E-state index in [1.165, 1.54) is 57.7 Å². The maximum Gasteiger partial charge on any atom is 0.255 e. The number of fused-ring (bicyclic) bond motifs is 2. The van der Waals surface area contributed by atoms with Gasteiger partial charge >= 0.3 is 0 Å². The minimum Gasteiger partial charge on any atom is -0.479 e. The van der Waals surface area contributed by atoms with Gasteiger partial charge in [-0.05, 0) is 48.5 Å². The van der Waals surface area contributed by atoms with Gasteiger partial charge in [0.15, 0.2) is 0 Å². The van der Waals surface area contributed by atoms with Crippen LogP contribution in [-0.4, -0.2) is 56.7 Å². The second-order valence-corrected chi connectivity index (χ2v) is 12.1. The van der Waals surface area contributed by atoms with Crippen molar-refractivity contribution in [2.24, 2.45) is 0 Å². The molecule has 3 aromatic heterocycles. The average Bonchev–Trinajstić information content (AvgIpc) is 3.62. The van der Waals surface area contributed by atoms with E-state index in [-0.39, 0.29) is 28.5 Å². The van der Waals surface area contributed by atoms with Crippen molar-refractivity contribution in [1.82, 2.24) is 20.3 Å². The van der Waals surface area contributed by atoms with Gasteiger partial charge in [0.2, 0.25) is 15.9 Å². The molecular weight excluding hydrogens is 587 g/mol. The zero-order valence-corrected chi connectivity index (χ0v) is 24.9. The number of nitrogens with zero attached hydrogens (tertiary/aromatic N) is 3. The number of nitrogens with one attached hydrogen (secondary N) is 2. The number of nitrogens with two attached hydrogens (primary N) is 1. The number of rotatable bonds is 7. The number of hydrogen-bond acceptors (Lipinski definition) is 8. The molecule has 0 atom stereocenters. The Labute approximate surface area is 251 Å². The third-order valence-corrected chi connectivity index (χ3v) is 8.56. The van der Waals surface area contributed by atoms with E-state index in [0.29, 0.717) is 39.3 Å². The number of carbonyl (C=O) groups is 1. The summed E-state index contributed by atoms with van der Waals surface area (Å²) in [7, 11) is 0.601. The largest absolute Gasteiger partial charge is 0.479 e. The summed E-state index contributed by atoms with van der Waals surface area (Å²) in [6, 6.07) is 16.0. The standard InChI is InChI=1S/C31H27FN6O5S/c1-34-30(39)27-20-12-19(24-15-35-31(42-3)28(37-24)23-13-18-21(33)6-5-7-22(18)36-23)25(38(2)44(4,40)41)14-26(20)43-29(27)16-8-10-17(32)11-9-16/h5-15,36H,33H2,1-4H3,(H,34,39). The van der Waals surface area contributed by atoms with E-state index >= 15 is 0 Å². The number of ether oxygens (including phenoxy) is 1. The molecule has 6 aromatic rings. The van der Waals surface area contributed by atoms with Crippen LogP contribution in [-0.2, 0) is 10.0 Å². The molecule has 0 saturated heterocycles. The number of methoxy groups -OCH3 is 1. The third-order valence-electron chi connectivity index (χ3n) is 7.36. The molecule has 0 unspecified atom stereocenters. The van der Waals surface area contributed by atoms with Crippen molar-refractivity contribution in [2.75, 3.05) is 37.5 Å². The molecule has 44 heavy (non-hydrogen) atoms. The maximum atomic E-state index is 13.7. The zero-order chi connectivity index (χ0) is 31.3. The van der Waals surface area contributed by atoms with Gasteiger partial charge in [-0.1, -0.05) is 6.07 Å². The molecule has 0 aliphatic heterocycles. The van der Waals surface area contributed by atoms with Crippen LogP contribution >= 0.6 is 0 Å². The predicted molar refractivity (Wildman–Crippen MR) is 168 cm³/mol. The van der Waals surface area contributed by atoms with Gasteiger partial charge < -0.3 is 25.2 Å². The molecule has 0 aliphatic carbocycles. The monoisotopic (exact) mass is 614 g/mol. The number of H-pyrrole nitrogens is 1. The first-order valence-electron chi connectivity index (χ1n) is 13.3. The van der Waals surface area contributed by atoms with Crippen molar-refractivity contribution >= 4 is 49.2 Å². The molecule has 13 heteroatoms. The minimum atomic E-state index is -3.76. The summed E-state index contributed by atoms with van der Waals surface area (Å²) in [6.07, 6.45) is 2.53. The molecule has 0 saturated carbocycles.